The summed E-state index contributed by atoms with van der Waals surface area (Å²) in [5.41, 5.74) is 1.26. The maximum atomic E-state index is 5.31. The molecule has 0 spiro atoms. The second kappa shape index (κ2) is 9.04. The van der Waals surface area contributed by atoms with Gasteiger partial charge in [0.2, 0.25) is 0 Å². The van der Waals surface area contributed by atoms with Crippen LogP contribution in [-0.2, 0) is 0 Å². The Kier molecular flexibility index (Phi) is 7.01. The topological polar surface area (TPSA) is 34.2 Å². The Morgan fingerprint density at radius 1 is 1.29 bits per heavy atom. The molecule has 1 heterocycles. The van der Waals surface area contributed by atoms with Gasteiger partial charge in [-0.3, -0.25) is 4.98 Å². The number of aromatic nitrogens is 1. The number of hydrogen-bond acceptors (Lipinski definition) is 3. The number of nitrogens with zero attached hydrogens (tertiary/aromatic N) is 1. The molecule has 1 aromatic rings. The molecule has 1 aliphatic carbocycles. The van der Waals surface area contributed by atoms with E-state index >= 15 is 0 Å². The van der Waals surface area contributed by atoms with Crippen molar-refractivity contribution in [3.8, 4) is 5.75 Å². The van der Waals surface area contributed by atoms with E-state index in [1.807, 2.05) is 6.20 Å². The van der Waals surface area contributed by atoms with Crippen LogP contribution in [0.2, 0.25) is 0 Å². The fourth-order valence-electron chi connectivity index (χ4n) is 3.32. The lowest BCUT2D eigenvalue weighted by atomic mass is 9.84. The minimum absolute atomic E-state index is 0.412. The molecule has 1 atom stereocenters. The average Bonchev–Trinajstić information content (AvgIpc) is 2.56. The Labute approximate surface area is 129 Å². The zero-order chi connectivity index (χ0) is 14.9. The molecule has 1 fully saturated rings. The molecule has 118 valence electrons. The predicted octanol–water partition coefficient (Wildman–Crippen LogP) is 4.49. The van der Waals surface area contributed by atoms with Gasteiger partial charge in [-0.25, -0.2) is 0 Å². The minimum Gasteiger partial charge on any atom is -0.495 e. The van der Waals surface area contributed by atoms with Crippen LogP contribution in [0.5, 0.6) is 5.75 Å². The van der Waals surface area contributed by atoms with Crippen LogP contribution in [-0.4, -0.2) is 18.6 Å². The third-order valence-corrected chi connectivity index (χ3v) is 4.60. The lowest BCUT2D eigenvalue weighted by Crippen LogP contribution is -2.23. The summed E-state index contributed by atoms with van der Waals surface area (Å²) >= 11 is 0. The number of hydrogen-bond donors (Lipinski definition) is 1. The number of nitrogens with one attached hydrogen (secondary N) is 1. The van der Waals surface area contributed by atoms with Crippen LogP contribution in [0.1, 0.15) is 69.9 Å². The van der Waals surface area contributed by atoms with Gasteiger partial charge in [0.05, 0.1) is 13.3 Å². The Bertz CT molecular complexity index is 402. The Hall–Kier alpha value is -1.09. The summed E-state index contributed by atoms with van der Waals surface area (Å²) in [6.07, 6.45) is 14.6. The van der Waals surface area contributed by atoms with Gasteiger partial charge in [0.1, 0.15) is 5.75 Å². The summed E-state index contributed by atoms with van der Waals surface area (Å²) in [6, 6.07) is 2.54. The monoisotopic (exact) mass is 290 g/mol. The first-order chi connectivity index (χ1) is 10.3. The standard InChI is InChI=1S/C18H30N2O/c1-3-11-20-18(10-9-15-7-5-4-6-8-15)16-12-17(21-2)14-19-13-16/h12-15,18,20H,3-11H2,1-2H3. The molecule has 0 saturated heterocycles. The first-order valence-corrected chi connectivity index (χ1v) is 8.55. The predicted molar refractivity (Wildman–Crippen MR) is 87.6 cm³/mol. The summed E-state index contributed by atoms with van der Waals surface area (Å²) < 4.78 is 5.31. The van der Waals surface area contributed by atoms with Gasteiger partial charge in [0.15, 0.2) is 0 Å². The smallest absolute Gasteiger partial charge is 0.137 e. The molecule has 0 amide bonds. The van der Waals surface area contributed by atoms with Crippen LogP contribution in [0.25, 0.3) is 0 Å². The molecule has 1 N–H and O–H groups in total. The lowest BCUT2D eigenvalue weighted by Gasteiger charge is -2.25. The quantitative estimate of drug-likeness (QED) is 0.766. The van der Waals surface area contributed by atoms with E-state index in [0.717, 1.165) is 24.6 Å². The van der Waals surface area contributed by atoms with E-state index in [1.165, 1.54) is 50.5 Å². The van der Waals surface area contributed by atoms with Crippen LogP contribution >= 0.6 is 0 Å². The van der Waals surface area contributed by atoms with Crippen LogP contribution in [0.4, 0.5) is 0 Å². The van der Waals surface area contributed by atoms with Crippen LogP contribution in [0, 0.1) is 5.92 Å². The van der Waals surface area contributed by atoms with Crippen LogP contribution in [0.3, 0.4) is 0 Å². The van der Waals surface area contributed by atoms with Gasteiger partial charge in [0, 0.05) is 12.2 Å². The SMILES string of the molecule is CCCNC(CCC1CCCCC1)c1cncc(OC)c1. The molecule has 1 aromatic heterocycles. The van der Waals surface area contributed by atoms with E-state index in [-0.39, 0.29) is 0 Å². The maximum absolute atomic E-state index is 5.31. The molecule has 0 aromatic carbocycles. The highest BCUT2D eigenvalue weighted by Gasteiger charge is 2.17. The summed E-state index contributed by atoms with van der Waals surface area (Å²) in [7, 11) is 1.71. The molecular weight excluding hydrogens is 260 g/mol. The molecule has 1 aliphatic rings. The third-order valence-electron chi connectivity index (χ3n) is 4.60. The molecule has 2 rings (SSSR count). The van der Waals surface area contributed by atoms with E-state index in [0.29, 0.717) is 6.04 Å². The zero-order valence-corrected chi connectivity index (χ0v) is 13.6. The molecule has 21 heavy (non-hydrogen) atoms. The van der Waals surface area contributed by atoms with E-state index in [1.54, 1.807) is 13.3 Å². The van der Waals surface area contributed by atoms with Crippen molar-refractivity contribution in [3.05, 3.63) is 24.0 Å². The molecule has 3 heteroatoms. The highest BCUT2D eigenvalue weighted by atomic mass is 16.5. The van der Waals surface area contributed by atoms with Crippen molar-refractivity contribution in [2.24, 2.45) is 5.92 Å². The third kappa shape index (κ3) is 5.31. The maximum Gasteiger partial charge on any atom is 0.137 e. The van der Waals surface area contributed by atoms with Crippen molar-refractivity contribution in [1.29, 1.82) is 0 Å². The van der Waals surface area contributed by atoms with Crippen molar-refractivity contribution >= 4 is 0 Å². The van der Waals surface area contributed by atoms with Crippen molar-refractivity contribution < 1.29 is 4.74 Å². The normalized spacial score (nSPS) is 17.6. The van der Waals surface area contributed by atoms with Gasteiger partial charge in [-0.2, -0.15) is 0 Å². The second-order valence-electron chi connectivity index (χ2n) is 6.25. The summed E-state index contributed by atoms with van der Waals surface area (Å²) in [5, 5.41) is 3.68. The number of ether oxygens (including phenoxy) is 1. The van der Waals surface area contributed by atoms with Crippen molar-refractivity contribution in [1.82, 2.24) is 10.3 Å². The molecule has 0 radical (unpaired) electrons. The molecule has 3 nitrogen and oxygen atoms in total. The largest absolute Gasteiger partial charge is 0.495 e. The van der Waals surface area contributed by atoms with Crippen molar-refractivity contribution in [2.75, 3.05) is 13.7 Å². The molecular formula is C18H30N2O. The van der Waals surface area contributed by atoms with Gasteiger partial charge in [-0.05, 0) is 43.4 Å². The Morgan fingerprint density at radius 3 is 2.81 bits per heavy atom. The van der Waals surface area contributed by atoms with E-state index in [4.69, 9.17) is 4.74 Å². The van der Waals surface area contributed by atoms with Crippen molar-refractivity contribution in [3.63, 3.8) is 0 Å². The highest BCUT2D eigenvalue weighted by molar-refractivity contribution is 5.25. The van der Waals surface area contributed by atoms with Crippen LogP contribution in [0.15, 0.2) is 18.5 Å². The molecule has 1 unspecified atom stereocenters. The van der Waals surface area contributed by atoms with Gasteiger partial charge in [-0.1, -0.05) is 39.0 Å². The first-order valence-electron chi connectivity index (χ1n) is 8.55. The van der Waals surface area contributed by atoms with E-state index in [2.05, 4.69) is 23.3 Å². The van der Waals surface area contributed by atoms with Gasteiger partial charge in [-0.15, -0.1) is 0 Å². The fourth-order valence-corrected chi connectivity index (χ4v) is 3.32. The minimum atomic E-state index is 0.412. The Morgan fingerprint density at radius 2 is 2.10 bits per heavy atom. The summed E-state index contributed by atoms with van der Waals surface area (Å²) in [5.74, 6) is 1.79. The van der Waals surface area contributed by atoms with E-state index in [9.17, 15) is 0 Å². The highest BCUT2D eigenvalue weighted by Crippen LogP contribution is 2.30. The average molecular weight is 290 g/mol. The van der Waals surface area contributed by atoms with Crippen LogP contribution < -0.4 is 10.1 Å². The molecule has 1 saturated carbocycles. The zero-order valence-electron chi connectivity index (χ0n) is 13.6. The number of methoxy groups -OCH3 is 1. The lowest BCUT2D eigenvalue weighted by molar-refractivity contribution is 0.314. The fraction of sp³-hybridized carbons (Fsp3) is 0.722. The molecule has 0 bridgehead atoms. The first kappa shape index (κ1) is 16.3. The van der Waals surface area contributed by atoms with E-state index < -0.39 is 0 Å². The second-order valence-corrected chi connectivity index (χ2v) is 6.25. The van der Waals surface area contributed by atoms with Gasteiger partial charge < -0.3 is 10.1 Å². The Balaban J connectivity index is 1.95. The number of pyridine rings is 1. The van der Waals surface area contributed by atoms with Crippen molar-refractivity contribution in [2.45, 2.75) is 64.3 Å². The molecule has 0 aliphatic heterocycles. The summed E-state index contributed by atoms with van der Waals surface area (Å²) in [6.45, 7) is 3.28. The number of rotatable bonds is 8. The van der Waals surface area contributed by atoms with Gasteiger partial charge >= 0.3 is 0 Å². The van der Waals surface area contributed by atoms with Gasteiger partial charge in [0.25, 0.3) is 0 Å². The summed E-state index contributed by atoms with van der Waals surface area (Å²) in [4.78, 5) is 4.31.